The number of hydrogen-bond donors (Lipinski definition) is 3. The molecular weight excluding hydrogens is 149 g/mol. The van der Waals surface area contributed by atoms with Crippen molar-refractivity contribution in [2.24, 2.45) is 17.5 Å². The van der Waals surface area contributed by atoms with Crippen LogP contribution in [0.25, 0.3) is 0 Å². The summed E-state index contributed by atoms with van der Waals surface area (Å²) in [5, 5.41) is -0.0108. The molecule has 0 amide bonds. The standard InChI is InChI=1S/C8H20BN3/c1-5(2)6(10)7(12-11)8(3,4)9/h5,12H,9-11H2,1-4H3/b7-6-. The fourth-order valence-corrected chi connectivity index (χ4v) is 1.02. The van der Waals surface area contributed by atoms with Gasteiger partial charge in [0.25, 0.3) is 0 Å². The zero-order valence-electron chi connectivity index (χ0n) is 8.73. The zero-order chi connectivity index (χ0) is 9.94. The number of nitrogens with one attached hydrogen (secondary N) is 1. The van der Waals surface area contributed by atoms with Crippen LogP contribution in [0.5, 0.6) is 0 Å². The first-order valence-electron chi connectivity index (χ1n) is 4.27. The summed E-state index contributed by atoms with van der Waals surface area (Å²) in [7, 11) is 2.08. The number of allylic oxidation sites excluding steroid dienone is 2. The van der Waals surface area contributed by atoms with Crippen LogP contribution in [-0.4, -0.2) is 7.85 Å². The van der Waals surface area contributed by atoms with E-state index in [2.05, 4.69) is 41.0 Å². The Hall–Kier alpha value is -0.635. The van der Waals surface area contributed by atoms with Gasteiger partial charge in [-0.25, -0.2) is 0 Å². The third-order valence-electron chi connectivity index (χ3n) is 1.81. The second kappa shape index (κ2) is 3.85. The van der Waals surface area contributed by atoms with Crippen molar-refractivity contribution >= 4 is 7.85 Å². The summed E-state index contributed by atoms with van der Waals surface area (Å²) in [5.74, 6) is 5.74. The predicted molar refractivity (Wildman–Crippen MR) is 56.0 cm³/mol. The first kappa shape index (κ1) is 11.4. The fraction of sp³-hybridized carbons (Fsp3) is 0.750. The molecule has 0 aromatic carbocycles. The smallest absolute Gasteiger partial charge is 0.116 e. The van der Waals surface area contributed by atoms with Crippen LogP contribution in [0.15, 0.2) is 11.4 Å². The van der Waals surface area contributed by atoms with Crippen molar-refractivity contribution in [3.05, 3.63) is 11.4 Å². The van der Waals surface area contributed by atoms with E-state index in [9.17, 15) is 0 Å². The SMILES string of the molecule is BC(C)(C)/C(NN)=C(/N)C(C)C. The molecular formula is C8H20BN3. The van der Waals surface area contributed by atoms with Gasteiger partial charge < -0.3 is 11.2 Å². The van der Waals surface area contributed by atoms with Crippen LogP contribution in [0, 0.1) is 5.92 Å². The number of hydrogen-bond acceptors (Lipinski definition) is 3. The summed E-state index contributed by atoms with van der Waals surface area (Å²) >= 11 is 0. The molecule has 0 unspecified atom stereocenters. The Balaban J connectivity index is 4.87. The van der Waals surface area contributed by atoms with Gasteiger partial charge in [0.2, 0.25) is 0 Å². The van der Waals surface area contributed by atoms with Crippen LogP contribution >= 0.6 is 0 Å². The average Bonchev–Trinajstić information content (AvgIpc) is 1.85. The lowest BCUT2D eigenvalue weighted by molar-refractivity contribution is 0.632. The summed E-state index contributed by atoms with van der Waals surface area (Å²) in [5.41, 5.74) is 10.3. The van der Waals surface area contributed by atoms with Gasteiger partial charge in [0.1, 0.15) is 7.85 Å². The fourth-order valence-electron chi connectivity index (χ4n) is 1.02. The summed E-state index contributed by atoms with van der Waals surface area (Å²) in [6, 6.07) is 0. The molecule has 0 saturated carbocycles. The maximum Gasteiger partial charge on any atom is 0.116 e. The highest BCUT2D eigenvalue weighted by atomic mass is 15.2. The first-order chi connectivity index (χ1) is 5.30. The van der Waals surface area contributed by atoms with Crippen molar-refractivity contribution in [2.45, 2.75) is 33.0 Å². The molecule has 0 bridgehead atoms. The highest BCUT2D eigenvalue weighted by molar-refractivity contribution is 6.16. The van der Waals surface area contributed by atoms with Crippen LogP contribution in [0.3, 0.4) is 0 Å². The summed E-state index contributed by atoms with van der Waals surface area (Å²) in [4.78, 5) is 0. The lowest BCUT2D eigenvalue weighted by Crippen LogP contribution is -2.32. The molecule has 0 rings (SSSR count). The Morgan fingerprint density at radius 2 is 1.83 bits per heavy atom. The molecule has 0 saturated heterocycles. The molecule has 70 valence electrons. The molecule has 0 aliphatic rings. The number of nitrogens with two attached hydrogens (primary N) is 2. The van der Waals surface area contributed by atoms with E-state index >= 15 is 0 Å². The van der Waals surface area contributed by atoms with Crippen molar-refractivity contribution in [3.63, 3.8) is 0 Å². The lowest BCUT2D eigenvalue weighted by Gasteiger charge is -2.26. The number of rotatable bonds is 3. The van der Waals surface area contributed by atoms with Crippen LogP contribution in [0.4, 0.5) is 0 Å². The maximum atomic E-state index is 5.89. The minimum atomic E-state index is -0.0108. The van der Waals surface area contributed by atoms with E-state index in [0.29, 0.717) is 5.92 Å². The van der Waals surface area contributed by atoms with Gasteiger partial charge in [0, 0.05) is 11.4 Å². The molecule has 0 aromatic rings. The van der Waals surface area contributed by atoms with Gasteiger partial charge in [-0.1, -0.05) is 27.7 Å². The normalized spacial score (nSPS) is 14.5. The average molecular weight is 169 g/mol. The first-order valence-corrected chi connectivity index (χ1v) is 4.27. The van der Waals surface area contributed by atoms with E-state index in [1.165, 1.54) is 0 Å². The second-order valence-electron chi connectivity index (χ2n) is 4.38. The van der Waals surface area contributed by atoms with Gasteiger partial charge in [0.05, 0.1) is 0 Å². The minimum absolute atomic E-state index is 0.0108. The monoisotopic (exact) mass is 169 g/mol. The van der Waals surface area contributed by atoms with Gasteiger partial charge in [-0.2, -0.15) is 0 Å². The topological polar surface area (TPSA) is 64.1 Å². The van der Waals surface area contributed by atoms with Gasteiger partial charge in [-0.05, 0) is 11.2 Å². The Morgan fingerprint density at radius 3 is 1.92 bits per heavy atom. The van der Waals surface area contributed by atoms with E-state index in [-0.39, 0.29) is 5.31 Å². The van der Waals surface area contributed by atoms with Gasteiger partial charge in [0.15, 0.2) is 0 Å². The van der Waals surface area contributed by atoms with Crippen molar-refractivity contribution in [2.75, 3.05) is 0 Å². The van der Waals surface area contributed by atoms with Gasteiger partial charge in [-0.15, -0.1) is 0 Å². The predicted octanol–water partition coefficient (Wildman–Crippen LogP) is 0.108. The Labute approximate surface area is 76.0 Å². The molecule has 0 aromatic heterocycles. The Bertz CT molecular complexity index is 179. The molecule has 0 aliphatic heterocycles. The summed E-state index contributed by atoms with van der Waals surface area (Å²) in [6.07, 6.45) is 0. The van der Waals surface area contributed by atoms with Crippen molar-refractivity contribution in [3.8, 4) is 0 Å². The van der Waals surface area contributed by atoms with Gasteiger partial charge in [-0.3, -0.25) is 5.84 Å². The molecule has 5 N–H and O–H groups in total. The second-order valence-corrected chi connectivity index (χ2v) is 4.38. The van der Waals surface area contributed by atoms with Crippen molar-refractivity contribution in [1.82, 2.24) is 5.43 Å². The molecule has 3 nitrogen and oxygen atoms in total. The number of hydrazine groups is 1. The van der Waals surface area contributed by atoms with E-state index in [0.717, 1.165) is 11.4 Å². The highest BCUT2D eigenvalue weighted by Gasteiger charge is 2.20. The van der Waals surface area contributed by atoms with Crippen LogP contribution in [0.2, 0.25) is 5.31 Å². The van der Waals surface area contributed by atoms with Crippen molar-refractivity contribution in [1.29, 1.82) is 0 Å². The molecule has 0 heterocycles. The van der Waals surface area contributed by atoms with Crippen LogP contribution < -0.4 is 17.0 Å². The maximum absolute atomic E-state index is 5.89. The summed E-state index contributed by atoms with van der Waals surface area (Å²) in [6.45, 7) is 8.27. The quantitative estimate of drug-likeness (QED) is 0.319. The molecule has 0 aliphatic carbocycles. The van der Waals surface area contributed by atoms with E-state index in [1.807, 2.05) is 0 Å². The molecule has 0 spiro atoms. The Morgan fingerprint density at radius 1 is 1.42 bits per heavy atom. The molecule has 4 heteroatoms. The van der Waals surface area contributed by atoms with E-state index < -0.39 is 0 Å². The van der Waals surface area contributed by atoms with Crippen molar-refractivity contribution < 1.29 is 0 Å². The lowest BCUT2D eigenvalue weighted by atomic mass is 9.69. The molecule has 0 radical (unpaired) electrons. The molecule has 0 atom stereocenters. The Kier molecular flexibility index (Phi) is 3.65. The largest absolute Gasteiger partial charge is 0.400 e. The molecule has 0 fully saturated rings. The van der Waals surface area contributed by atoms with Crippen LogP contribution in [0.1, 0.15) is 27.7 Å². The molecule has 12 heavy (non-hydrogen) atoms. The third kappa shape index (κ3) is 2.78. The van der Waals surface area contributed by atoms with Crippen LogP contribution in [-0.2, 0) is 0 Å². The van der Waals surface area contributed by atoms with Gasteiger partial charge >= 0.3 is 0 Å². The third-order valence-corrected chi connectivity index (χ3v) is 1.81. The van der Waals surface area contributed by atoms with E-state index in [1.54, 1.807) is 0 Å². The zero-order valence-corrected chi connectivity index (χ0v) is 8.73. The highest BCUT2D eigenvalue weighted by Crippen LogP contribution is 2.29. The minimum Gasteiger partial charge on any atom is -0.400 e. The summed E-state index contributed by atoms with van der Waals surface area (Å²) < 4.78 is 0. The van der Waals surface area contributed by atoms with E-state index in [4.69, 9.17) is 11.6 Å².